The first-order valence-electron chi connectivity index (χ1n) is 6.24. The summed E-state index contributed by atoms with van der Waals surface area (Å²) in [7, 11) is 0. The van der Waals surface area contributed by atoms with Crippen molar-refractivity contribution in [3.63, 3.8) is 0 Å². The van der Waals surface area contributed by atoms with Gasteiger partial charge in [-0.05, 0) is 24.3 Å². The number of rotatable bonds is 4. The van der Waals surface area contributed by atoms with Crippen LogP contribution in [0.3, 0.4) is 0 Å². The second kappa shape index (κ2) is 5.06. The number of carbonyl (C=O) groups is 1. The van der Waals surface area contributed by atoms with Gasteiger partial charge in [0.05, 0.1) is 11.8 Å². The molecule has 0 aliphatic heterocycles. The van der Waals surface area contributed by atoms with E-state index in [4.69, 9.17) is 4.42 Å². The van der Waals surface area contributed by atoms with E-state index in [1.165, 1.54) is 0 Å². The van der Waals surface area contributed by atoms with Gasteiger partial charge in [0.2, 0.25) is 0 Å². The van der Waals surface area contributed by atoms with E-state index in [2.05, 4.69) is 4.98 Å². The minimum absolute atomic E-state index is 0.0979. The molecule has 3 rings (SSSR count). The van der Waals surface area contributed by atoms with Gasteiger partial charge < -0.3 is 4.42 Å². The molecular weight excluding hydrogens is 238 g/mol. The summed E-state index contributed by atoms with van der Waals surface area (Å²) in [6.45, 7) is 0. The molecule has 3 nitrogen and oxygen atoms in total. The van der Waals surface area contributed by atoms with Crippen LogP contribution >= 0.6 is 0 Å². The number of Topliss-reactive ketones (excluding diaryl/α,β-unsaturated/α-hetero) is 1. The molecule has 0 amide bonds. The highest BCUT2D eigenvalue weighted by molar-refractivity contribution is 6.06. The van der Waals surface area contributed by atoms with Gasteiger partial charge in [-0.3, -0.25) is 9.78 Å². The van der Waals surface area contributed by atoms with Gasteiger partial charge in [0.1, 0.15) is 5.76 Å². The summed E-state index contributed by atoms with van der Waals surface area (Å²) < 4.78 is 5.24. The zero-order valence-electron chi connectivity index (χ0n) is 10.4. The molecule has 3 aromatic rings. The van der Waals surface area contributed by atoms with Crippen LogP contribution < -0.4 is 0 Å². The molecule has 0 aliphatic rings. The Morgan fingerprint density at radius 3 is 2.84 bits per heavy atom. The molecule has 0 radical (unpaired) electrons. The Bertz CT molecular complexity index is 696. The second-order valence-corrected chi connectivity index (χ2v) is 4.38. The lowest BCUT2D eigenvalue weighted by Gasteiger charge is -2.04. The van der Waals surface area contributed by atoms with Crippen molar-refractivity contribution < 1.29 is 9.21 Å². The van der Waals surface area contributed by atoms with Crippen molar-refractivity contribution in [1.29, 1.82) is 0 Å². The van der Waals surface area contributed by atoms with Crippen LogP contribution in [0, 0.1) is 0 Å². The number of carbonyl (C=O) groups excluding carboxylic acids is 1. The number of fused-ring (bicyclic) bond motifs is 1. The molecule has 0 bridgehead atoms. The Labute approximate surface area is 110 Å². The van der Waals surface area contributed by atoms with Crippen molar-refractivity contribution in [1.82, 2.24) is 4.98 Å². The summed E-state index contributed by atoms with van der Waals surface area (Å²) in [4.78, 5) is 16.6. The third kappa shape index (κ3) is 2.40. The number of ketones is 1. The number of para-hydroxylation sites is 1. The van der Waals surface area contributed by atoms with Crippen molar-refractivity contribution in [2.45, 2.75) is 12.8 Å². The van der Waals surface area contributed by atoms with Gasteiger partial charge in [-0.15, -0.1) is 0 Å². The van der Waals surface area contributed by atoms with E-state index in [-0.39, 0.29) is 5.78 Å². The van der Waals surface area contributed by atoms with Crippen LogP contribution in [0.1, 0.15) is 22.5 Å². The smallest absolute Gasteiger partial charge is 0.165 e. The van der Waals surface area contributed by atoms with Gasteiger partial charge in [0.15, 0.2) is 5.78 Å². The van der Waals surface area contributed by atoms with Crippen LogP contribution in [0.5, 0.6) is 0 Å². The van der Waals surface area contributed by atoms with E-state index in [1.807, 2.05) is 42.5 Å². The van der Waals surface area contributed by atoms with Crippen LogP contribution in [-0.2, 0) is 6.42 Å². The number of hydrogen-bond acceptors (Lipinski definition) is 3. The van der Waals surface area contributed by atoms with Crippen molar-refractivity contribution in [3.8, 4) is 0 Å². The highest BCUT2D eigenvalue weighted by Gasteiger charge is 2.11. The average molecular weight is 251 g/mol. The summed E-state index contributed by atoms with van der Waals surface area (Å²) >= 11 is 0. The highest BCUT2D eigenvalue weighted by atomic mass is 16.3. The molecule has 0 fully saturated rings. The molecule has 94 valence electrons. The maximum atomic E-state index is 12.3. The first-order valence-corrected chi connectivity index (χ1v) is 6.24. The predicted molar refractivity (Wildman–Crippen MR) is 73.1 cm³/mol. The predicted octanol–water partition coefficient (Wildman–Crippen LogP) is 3.64. The quantitative estimate of drug-likeness (QED) is 0.665. The minimum Gasteiger partial charge on any atom is -0.469 e. The van der Waals surface area contributed by atoms with Crippen molar-refractivity contribution in [2.75, 3.05) is 0 Å². The molecule has 3 heteroatoms. The fourth-order valence-electron chi connectivity index (χ4n) is 2.16. The first kappa shape index (κ1) is 11.7. The van der Waals surface area contributed by atoms with E-state index in [1.54, 1.807) is 12.5 Å². The fraction of sp³-hybridized carbons (Fsp3) is 0.125. The Kier molecular flexibility index (Phi) is 3.11. The summed E-state index contributed by atoms with van der Waals surface area (Å²) in [6, 6.07) is 13.2. The number of pyridine rings is 1. The van der Waals surface area contributed by atoms with E-state index in [0.717, 1.165) is 16.7 Å². The molecule has 0 N–H and O–H groups in total. The molecule has 0 saturated carbocycles. The zero-order valence-corrected chi connectivity index (χ0v) is 10.4. The molecule has 0 atom stereocenters. The number of furan rings is 1. The molecule has 0 unspecified atom stereocenters. The maximum Gasteiger partial charge on any atom is 0.165 e. The van der Waals surface area contributed by atoms with Crippen LogP contribution in [0.15, 0.2) is 59.3 Å². The Balaban J connectivity index is 1.85. The lowest BCUT2D eigenvalue weighted by Crippen LogP contribution is -2.02. The molecule has 2 aromatic heterocycles. The summed E-state index contributed by atoms with van der Waals surface area (Å²) in [5.41, 5.74) is 1.46. The standard InChI is InChI=1S/C16H13NO2/c18-15(9-8-13-6-3-11-19-13)14-7-1-4-12-5-2-10-17-16(12)14/h1-7,10-11H,8-9H2. The lowest BCUT2D eigenvalue weighted by molar-refractivity contribution is 0.0982. The number of benzene rings is 1. The van der Waals surface area contributed by atoms with E-state index >= 15 is 0 Å². The van der Waals surface area contributed by atoms with Gasteiger partial charge in [0.25, 0.3) is 0 Å². The largest absolute Gasteiger partial charge is 0.469 e. The van der Waals surface area contributed by atoms with E-state index in [0.29, 0.717) is 18.4 Å². The molecule has 19 heavy (non-hydrogen) atoms. The van der Waals surface area contributed by atoms with Crippen molar-refractivity contribution in [3.05, 3.63) is 66.2 Å². The zero-order chi connectivity index (χ0) is 13.1. The van der Waals surface area contributed by atoms with Crippen LogP contribution in [0.2, 0.25) is 0 Å². The van der Waals surface area contributed by atoms with Crippen molar-refractivity contribution in [2.24, 2.45) is 0 Å². The third-order valence-corrected chi connectivity index (χ3v) is 3.11. The molecule has 2 heterocycles. The topological polar surface area (TPSA) is 43.1 Å². The summed E-state index contributed by atoms with van der Waals surface area (Å²) in [6.07, 6.45) is 4.39. The number of aromatic nitrogens is 1. The molecular formula is C16H13NO2. The van der Waals surface area contributed by atoms with Gasteiger partial charge in [-0.25, -0.2) is 0 Å². The van der Waals surface area contributed by atoms with Crippen LogP contribution in [-0.4, -0.2) is 10.8 Å². The lowest BCUT2D eigenvalue weighted by atomic mass is 10.0. The molecule has 0 saturated heterocycles. The van der Waals surface area contributed by atoms with E-state index in [9.17, 15) is 4.79 Å². The van der Waals surface area contributed by atoms with E-state index < -0.39 is 0 Å². The fourth-order valence-corrected chi connectivity index (χ4v) is 2.16. The maximum absolute atomic E-state index is 12.3. The third-order valence-electron chi connectivity index (χ3n) is 3.11. The number of hydrogen-bond donors (Lipinski definition) is 0. The summed E-state index contributed by atoms with van der Waals surface area (Å²) in [5, 5.41) is 0.992. The Morgan fingerprint density at radius 2 is 2.00 bits per heavy atom. The first-order chi connectivity index (χ1) is 9.34. The number of nitrogens with zero attached hydrogens (tertiary/aromatic N) is 1. The monoisotopic (exact) mass is 251 g/mol. The van der Waals surface area contributed by atoms with Gasteiger partial charge in [0, 0.05) is 30.0 Å². The molecule has 0 spiro atoms. The van der Waals surface area contributed by atoms with Crippen LogP contribution in [0.4, 0.5) is 0 Å². The Morgan fingerprint density at radius 1 is 1.11 bits per heavy atom. The van der Waals surface area contributed by atoms with Gasteiger partial charge in [-0.2, -0.15) is 0 Å². The summed E-state index contributed by atoms with van der Waals surface area (Å²) in [5.74, 6) is 0.933. The number of aryl methyl sites for hydroxylation is 1. The SMILES string of the molecule is O=C(CCc1ccco1)c1cccc2cccnc12. The minimum atomic E-state index is 0.0979. The van der Waals surface area contributed by atoms with Crippen molar-refractivity contribution >= 4 is 16.7 Å². The van der Waals surface area contributed by atoms with Gasteiger partial charge in [-0.1, -0.05) is 18.2 Å². The normalized spacial score (nSPS) is 10.7. The van der Waals surface area contributed by atoms with Crippen LogP contribution in [0.25, 0.3) is 10.9 Å². The molecule has 0 aliphatic carbocycles. The second-order valence-electron chi connectivity index (χ2n) is 4.38. The van der Waals surface area contributed by atoms with Gasteiger partial charge >= 0.3 is 0 Å². The Hall–Kier alpha value is -2.42. The molecule has 1 aromatic carbocycles. The average Bonchev–Trinajstić information content (AvgIpc) is 2.97. The highest BCUT2D eigenvalue weighted by Crippen LogP contribution is 2.18.